The molecule has 0 spiro atoms. The van der Waals surface area contributed by atoms with Crippen LogP contribution in [-0.2, 0) is 16.0 Å². The number of hydrogen-bond donors (Lipinski definition) is 2. The van der Waals surface area contributed by atoms with Gasteiger partial charge in [0.25, 0.3) is 5.89 Å². The Labute approximate surface area is 191 Å². The second kappa shape index (κ2) is 8.85. The summed E-state index contributed by atoms with van der Waals surface area (Å²) in [6, 6.07) is 9.00. The van der Waals surface area contributed by atoms with E-state index in [1.54, 1.807) is 24.3 Å². The van der Waals surface area contributed by atoms with E-state index in [0.717, 1.165) is 5.56 Å². The molecule has 0 aliphatic carbocycles. The molecule has 1 aromatic carbocycles. The second-order valence-corrected chi connectivity index (χ2v) is 7.72. The molecule has 4 aromatic rings. The largest absolute Gasteiger partial charge is 0.504 e. The Morgan fingerprint density at radius 3 is 2.85 bits per heavy atom. The van der Waals surface area contributed by atoms with Gasteiger partial charge in [0, 0.05) is 12.7 Å². The third-order valence-electron chi connectivity index (χ3n) is 5.41. The Balaban J connectivity index is 1.49. The molecule has 0 saturated carbocycles. The van der Waals surface area contributed by atoms with Crippen LogP contribution in [0.25, 0.3) is 22.5 Å². The Hall–Kier alpha value is -4.41. The van der Waals surface area contributed by atoms with Crippen molar-refractivity contribution in [2.45, 2.75) is 19.3 Å². The molecule has 11 heteroatoms. The van der Waals surface area contributed by atoms with Gasteiger partial charge in [-0.05, 0) is 42.7 Å². The topological polar surface area (TPSA) is 140 Å². The number of carbonyl (C=O) groups excluding carboxylic acids is 2. The lowest BCUT2D eigenvalue weighted by atomic mass is 9.99. The highest BCUT2D eigenvalue weighted by Crippen LogP contribution is 2.37. The van der Waals surface area contributed by atoms with Crippen molar-refractivity contribution < 1.29 is 28.2 Å². The fourth-order valence-electron chi connectivity index (χ4n) is 3.68. The predicted octanol–water partition coefficient (Wildman–Crippen LogP) is 2.55. The van der Waals surface area contributed by atoms with Crippen LogP contribution in [0.1, 0.15) is 24.3 Å². The Morgan fingerprint density at radius 2 is 2.06 bits per heavy atom. The summed E-state index contributed by atoms with van der Waals surface area (Å²) in [5.74, 6) is -2.85. The van der Waals surface area contributed by atoms with Crippen molar-refractivity contribution in [1.29, 1.82) is 0 Å². The van der Waals surface area contributed by atoms with Crippen molar-refractivity contribution >= 4 is 22.8 Å². The van der Waals surface area contributed by atoms with Crippen LogP contribution >= 0.6 is 0 Å². The van der Waals surface area contributed by atoms with Crippen LogP contribution in [-0.4, -0.2) is 43.7 Å². The molecule has 3 aromatic heterocycles. The first-order valence-corrected chi connectivity index (χ1v) is 10.5. The molecule has 1 amide bonds. The zero-order chi connectivity index (χ0) is 23.7. The monoisotopic (exact) mass is 463 g/mol. The number of piperidine rings is 1. The number of nitrogens with zero attached hydrogens (tertiary/aromatic N) is 4. The summed E-state index contributed by atoms with van der Waals surface area (Å²) in [6.07, 6.45) is 2.71. The quantitative estimate of drug-likeness (QED) is 0.337. The number of ether oxygens (including phenoxy) is 1. The molecule has 1 saturated heterocycles. The first-order valence-electron chi connectivity index (χ1n) is 10.5. The lowest BCUT2D eigenvalue weighted by molar-refractivity contribution is -0.146. The molecule has 0 bridgehead atoms. The van der Waals surface area contributed by atoms with E-state index >= 15 is 0 Å². The second-order valence-electron chi connectivity index (χ2n) is 7.72. The van der Waals surface area contributed by atoms with E-state index in [0.29, 0.717) is 19.4 Å². The fraction of sp³-hybridized carbons (Fsp3) is 0.217. The van der Waals surface area contributed by atoms with Crippen LogP contribution in [0, 0.1) is 11.7 Å². The van der Waals surface area contributed by atoms with Gasteiger partial charge in [-0.3, -0.25) is 14.6 Å². The van der Waals surface area contributed by atoms with E-state index in [1.807, 2.05) is 0 Å². The van der Waals surface area contributed by atoms with Gasteiger partial charge in [0.05, 0.1) is 11.8 Å². The van der Waals surface area contributed by atoms with Crippen LogP contribution in [0.2, 0.25) is 0 Å². The van der Waals surface area contributed by atoms with Gasteiger partial charge in [-0.2, -0.15) is 0 Å². The number of amides is 1. The highest BCUT2D eigenvalue weighted by atomic mass is 19.1. The molecular formula is C23H18FN5O5. The Morgan fingerprint density at radius 1 is 1.24 bits per heavy atom. The summed E-state index contributed by atoms with van der Waals surface area (Å²) in [5.41, 5.74) is 0.732. The number of carbonyl (C=O) groups is 2. The maximum atomic E-state index is 13.1. The third-order valence-corrected chi connectivity index (χ3v) is 5.41. The number of hydrogen-bond acceptors (Lipinski definition) is 9. The van der Waals surface area contributed by atoms with Gasteiger partial charge < -0.3 is 19.6 Å². The minimum Gasteiger partial charge on any atom is -0.504 e. The van der Waals surface area contributed by atoms with Crippen LogP contribution < -0.4 is 10.1 Å². The van der Waals surface area contributed by atoms with Gasteiger partial charge in [0.1, 0.15) is 17.3 Å². The molecule has 1 atom stereocenters. The van der Waals surface area contributed by atoms with Crippen LogP contribution in [0.15, 0.2) is 47.0 Å². The molecule has 1 aliphatic heterocycles. The first kappa shape index (κ1) is 21.4. The Kier molecular flexibility index (Phi) is 5.58. The number of rotatable bonds is 5. The predicted molar refractivity (Wildman–Crippen MR) is 115 cm³/mol. The molecular weight excluding hydrogens is 445 g/mol. The third kappa shape index (κ3) is 4.15. The average Bonchev–Trinajstić information content (AvgIpc) is 3.31. The smallest absolute Gasteiger partial charge is 0.325 e. The van der Waals surface area contributed by atoms with Gasteiger partial charge in [0.15, 0.2) is 11.4 Å². The van der Waals surface area contributed by atoms with Crippen LogP contribution in [0.3, 0.4) is 0 Å². The summed E-state index contributed by atoms with van der Waals surface area (Å²) >= 11 is 0. The molecule has 10 nitrogen and oxygen atoms in total. The number of halogens is 1. The van der Waals surface area contributed by atoms with E-state index < -0.39 is 17.8 Å². The molecule has 1 unspecified atom stereocenters. The standard InChI is InChI=1S/C23H18FN5O5/c24-13-7-5-12(6-8-13)11-16-28-29-22(33-16)18-19(30)17-14(3-1-9-25-17)21(27-18)34-23(32)15-4-2-10-26-20(15)31/h1,3,5-9,15,30H,2,4,10-11H2,(H,26,31). The van der Waals surface area contributed by atoms with Crippen LogP contribution in [0.5, 0.6) is 11.6 Å². The van der Waals surface area contributed by atoms with Gasteiger partial charge in [-0.25, -0.2) is 9.37 Å². The number of benzene rings is 1. The van der Waals surface area contributed by atoms with E-state index in [9.17, 15) is 19.1 Å². The van der Waals surface area contributed by atoms with E-state index in [-0.39, 0.29) is 52.2 Å². The van der Waals surface area contributed by atoms with Gasteiger partial charge in [0.2, 0.25) is 17.7 Å². The summed E-state index contributed by atoms with van der Waals surface area (Å²) in [7, 11) is 0. The highest BCUT2D eigenvalue weighted by Gasteiger charge is 2.32. The average molecular weight is 463 g/mol. The van der Waals surface area contributed by atoms with Gasteiger partial charge >= 0.3 is 5.97 Å². The molecule has 34 heavy (non-hydrogen) atoms. The summed E-state index contributed by atoms with van der Waals surface area (Å²) < 4.78 is 24.3. The maximum Gasteiger partial charge on any atom is 0.325 e. The SMILES string of the molecule is O=C1NCCCC1C(=O)Oc1nc(-c2nnc(Cc3ccc(F)cc3)o2)c(O)c2ncccc12. The van der Waals surface area contributed by atoms with Crippen molar-refractivity contribution in [1.82, 2.24) is 25.5 Å². The number of fused-ring (bicyclic) bond motifs is 1. The summed E-state index contributed by atoms with van der Waals surface area (Å²) in [4.78, 5) is 33.2. The molecule has 1 fully saturated rings. The first-order chi connectivity index (χ1) is 16.5. The molecule has 5 rings (SSSR count). The number of aromatic nitrogens is 4. The van der Waals surface area contributed by atoms with Crippen LogP contribution in [0.4, 0.5) is 4.39 Å². The highest BCUT2D eigenvalue weighted by molar-refractivity contribution is 6.00. The number of pyridine rings is 2. The van der Waals surface area contributed by atoms with Crippen molar-refractivity contribution in [2.75, 3.05) is 6.54 Å². The van der Waals surface area contributed by atoms with Crippen molar-refractivity contribution in [3.8, 4) is 23.2 Å². The van der Waals surface area contributed by atoms with E-state index in [1.165, 1.54) is 18.3 Å². The summed E-state index contributed by atoms with van der Waals surface area (Å²) in [5, 5.41) is 21.6. The lowest BCUT2D eigenvalue weighted by Crippen LogP contribution is -2.42. The van der Waals surface area contributed by atoms with E-state index in [4.69, 9.17) is 9.15 Å². The zero-order valence-electron chi connectivity index (χ0n) is 17.7. The van der Waals surface area contributed by atoms with E-state index in [2.05, 4.69) is 25.5 Å². The molecule has 0 radical (unpaired) electrons. The van der Waals surface area contributed by atoms with Crippen molar-refractivity contribution in [3.63, 3.8) is 0 Å². The molecule has 4 heterocycles. The Bertz CT molecular complexity index is 1390. The normalized spacial score (nSPS) is 15.8. The molecule has 172 valence electrons. The van der Waals surface area contributed by atoms with Gasteiger partial charge in [-0.15, -0.1) is 10.2 Å². The molecule has 2 N–H and O–H groups in total. The summed E-state index contributed by atoms with van der Waals surface area (Å²) in [6.45, 7) is 0.508. The number of esters is 1. The number of aromatic hydroxyl groups is 1. The van der Waals surface area contributed by atoms with Gasteiger partial charge in [-0.1, -0.05) is 12.1 Å². The lowest BCUT2D eigenvalue weighted by Gasteiger charge is -2.20. The maximum absolute atomic E-state index is 13.1. The minimum absolute atomic E-state index is 0.113. The molecule has 1 aliphatic rings. The number of nitrogens with one attached hydrogen (secondary N) is 1. The van der Waals surface area contributed by atoms with Crippen molar-refractivity contribution in [2.24, 2.45) is 5.92 Å². The fourth-order valence-corrected chi connectivity index (χ4v) is 3.68. The minimum atomic E-state index is -0.953. The zero-order valence-corrected chi connectivity index (χ0v) is 17.7. The van der Waals surface area contributed by atoms with Crippen molar-refractivity contribution in [3.05, 3.63) is 59.9 Å².